The molecule has 0 aliphatic carbocycles. The number of hydrogen-bond acceptors (Lipinski definition) is 10. The zero-order chi connectivity index (χ0) is 31.1. The summed E-state index contributed by atoms with van der Waals surface area (Å²) in [5, 5.41) is 9.78. The Morgan fingerprint density at radius 2 is 1.39 bits per heavy atom. The molecule has 0 spiro atoms. The molecule has 0 aliphatic heterocycles. The lowest BCUT2D eigenvalue weighted by molar-refractivity contribution is -0.151. The van der Waals surface area contributed by atoms with E-state index in [9.17, 15) is 24.3 Å². The molecule has 11 nitrogen and oxygen atoms in total. The minimum Gasteiger partial charge on any atom is -0.480 e. The van der Waals surface area contributed by atoms with Crippen molar-refractivity contribution in [3.8, 4) is 11.5 Å². The Bertz CT molecular complexity index is 997. The molecule has 41 heavy (non-hydrogen) atoms. The molecule has 1 rings (SSSR count). The highest BCUT2D eigenvalue weighted by Crippen LogP contribution is 2.37. The van der Waals surface area contributed by atoms with Crippen molar-refractivity contribution in [3.63, 3.8) is 0 Å². The molecule has 0 aromatic heterocycles. The van der Waals surface area contributed by atoms with Crippen molar-refractivity contribution in [1.29, 1.82) is 0 Å². The van der Waals surface area contributed by atoms with Gasteiger partial charge in [-0.05, 0) is 42.9 Å². The van der Waals surface area contributed by atoms with E-state index >= 15 is 0 Å². The Hall–Kier alpha value is -3.34. The monoisotopic (exact) mass is 581 g/mol. The van der Waals surface area contributed by atoms with Crippen LogP contribution in [-0.4, -0.2) is 54.7 Å². The SMILES string of the molecule is CCCCC(=O)OC(C)C(C)C(c1ccc(OC(=O)OCC(C)CC)c(OC(=O)OCC(C)CC)c1)[C@H](N)C(=O)O. The van der Waals surface area contributed by atoms with Gasteiger partial charge in [-0.2, -0.15) is 0 Å². The second-order valence-corrected chi connectivity index (χ2v) is 10.6. The predicted molar refractivity (Wildman–Crippen MR) is 152 cm³/mol. The number of carboxylic acid groups (broad SMARTS) is 1. The van der Waals surface area contributed by atoms with Gasteiger partial charge in [-0.3, -0.25) is 9.59 Å². The summed E-state index contributed by atoms with van der Waals surface area (Å²) < 4.78 is 26.6. The third-order valence-electron chi connectivity index (χ3n) is 7.14. The molecule has 0 heterocycles. The van der Waals surface area contributed by atoms with Crippen molar-refractivity contribution < 1.29 is 48.0 Å². The fourth-order valence-electron chi connectivity index (χ4n) is 3.77. The van der Waals surface area contributed by atoms with Gasteiger partial charge in [-0.15, -0.1) is 0 Å². The van der Waals surface area contributed by atoms with E-state index in [2.05, 4.69) is 0 Å². The summed E-state index contributed by atoms with van der Waals surface area (Å²) in [7, 11) is 0. The van der Waals surface area contributed by atoms with E-state index in [1.165, 1.54) is 18.2 Å². The maximum absolute atomic E-state index is 12.5. The first-order chi connectivity index (χ1) is 19.3. The van der Waals surface area contributed by atoms with Crippen molar-refractivity contribution in [2.75, 3.05) is 13.2 Å². The van der Waals surface area contributed by atoms with Crippen LogP contribution in [0.2, 0.25) is 0 Å². The van der Waals surface area contributed by atoms with Crippen LogP contribution < -0.4 is 15.2 Å². The van der Waals surface area contributed by atoms with Gasteiger partial charge in [0.25, 0.3) is 0 Å². The maximum Gasteiger partial charge on any atom is 0.513 e. The van der Waals surface area contributed by atoms with Crippen LogP contribution >= 0.6 is 0 Å². The Labute approximate surface area is 243 Å². The van der Waals surface area contributed by atoms with Crippen molar-refractivity contribution in [2.45, 2.75) is 98.6 Å². The van der Waals surface area contributed by atoms with Crippen LogP contribution in [-0.2, 0) is 23.8 Å². The minimum absolute atomic E-state index is 0.0976. The van der Waals surface area contributed by atoms with Crippen molar-refractivity contribution in [3.05, 3.63) is 23.8 Å². The number of carbonyl (C=O) groups is 4. The third kappa shape index (κ3) is 12.4. The van der Waals surface area contributed by atoms with Gasteiger partial charge in [0.1, 0.15) is 12.1 Å². The molecule has 0 saturated carbocycles. The Kier molecular flexibility index (Phi) is 15.8. The van der Waals surface area contributed by atoms with Crippen LogP contribution in [0.5, 0.6) is 11.5 Å². The normalized spacial score (nSPS) is 15.4. The summed E-state index contributed by atoms with van der Waals surface area (Å²) in [6.07, 6.45) is 0.647. The van der Waals surface area contributed by atoms with Gasteiger partial charge < -0.3 is 34.5 Å². The van der Waals surface area contributed by atoms with Gasteiger partial charge in [0.2, 0.25) is 0 Å². The second-order valence-electron chi connectivity index (χ2n) is 10.6. The Morgan fingerprint density at radius 1 is 0.854 bits per heavy atom. The van der Waals surface area contributed by atoms with Crippen molar-refractivity contribution in [2.24, 2.45) is 23.5 Å². The zero-order valence-corrected chi connectivity index (χ0v) is 25.3. The molecule has 0 bridgehead atoms. The molecule has 6 atom stereocenters. The first-order valence-electron chi connectivity index (χ1n) is 14.3. The van der Waals surface area contributed by atoms with Gasteiger partial charge in [0.05, 0.1) is 13.2 Å². The standard InChI is InChI=1S/C30H47NO10/c1-8-11-12-25(32)39-21(7)20(6)26(27(31)28(33)34)22-13-14-23(40-29(35)37-16-18(4)9-2)24(15-22)41-30(36)38-17-19(5)10-3/h13-15,18-21,26-27H,8-12,16-17,31H2,1-7H3,(H,33,34)/t18?,19?,20?,21?,26?,27-/m0/s1. The summed E-state index contributed by atoms with van der Waals surface area (Å²) in [5.41, 5.74) is 6.48. The lowest BCUT2D eigenvalue weighted by atomic mass is 9.79. The summed E-state index contributed by atoms with van der Waals surface area (Å²) in [6.45, 7) is 13.3. The first-order valence-corrected chi connectivity index (χ1v) is 14.3. The van der Waals surface area contributed by atoms with Crippen LogP contribution in [0, 0.1) is 17.8 Å². The predicted octanol–water partition coefficient (Wildman–Crippen LogP) is 6.06. The second kappa shape index (κ2) is 18.2. The average Bonchev–Trinajstić information content (AvgIpc) is 2.94. The van der Waals surface area contributed by atoms with Gasteiger partial charge in [0.15, 0.2) is 11.5 Å². The minimum atomic E-state index is -1.39. The largest absolute Gasteiger partial charge is 0.513 e. The third-order valence-corrected chi connectivity index (χ3v) is 7.14. The highest BCUT2D eigenvalue weighted by atomic mass is 16.7. The topological polar surface area (TPSA) is 161 Å². The molecule has 1 aromatic rings. The highest BCUT2D eigenvalue weighted by Gasteiger charge is 2.36. The number of unbranched alkanes of at least 4 members (excludes halogenated alkanes) is 1. The van der Waals surface area contributed by atoms with Gasteiger partial charge in [-0.1, -0.05) is 66.9 Å². The molecule has 0 radical (unpaired) electrons. The number of carbonyl (C=O) groups excluding carboxylic acids is 3. The molecule has 5 unspecified atom stereocenters. The number of ether oxygens (including phenoxy) is 5. The summed E-state index contributed by atoms with van der Waals surface area (Å²) in [4.78, 5) is 49.1. The molecule has 11 heteroatoms. The fraction of sp³-hybridized carbons (Fsp3) is 0.667. The van der Waals surface area contributed by atoms with Crippen LogP contribution in [0.25, 0.3) is 0 Å². The van der Waals surface area contributed by atoms with Crippen molar-refractivity contribution in [1.82, 2.24) is 0 Å². The van der Waals surface area contributed by atoms with E-state index in [1.807, 2.05) is 34.6 Å². The number of nitrogens with two attached hydrogens (primary N) is 1. The van der Waals surface area contributed by atoms with Crippen LogP contribution in [0.1, 0.15) is 92.1 Å². The van der Waals surface area contributed by atoms with Gasteiger partial charge >= 0.3 is 24.2 Å². The van der Waals surface area contributed by atoms with Crippen molar-refractivity contribution >= 4 is 24.2 Å². The molecule has 3 N–H and O–H groups in total. The van der Waals surface area contributed by atoms with Crippen LogP contribution in [0.4, 0.5) is 9.59 Å². The van der Waals surface area contributed by atoms with Gasteiger partial charge in [-0.25, -0.2) is 9.59 Å². The van der Waals surface area contributed by atoms with Crippen LogP contribution in [0.3, 0.4) is 0 Å². The van der Waals surface area contributed by atoms with E-state index in [1.54, 1.807) is 13.8 Å². The van der Waals surface area contributed by atoms with E-state index in [0.717, 1.165) is 19.3 Å². The number of rotatable bonds is 17. The zero-order valence-electron chi connectivity index (χ0n) is 25.3. The molecule has 0 aliphatic rings. The lowest BCUT2D eigenvalue weighted by Gasteiger charge is -2.32. The molecule has 232 valence electrons. The Balaban J connectivity index is 3.38. The van der Waals surface area contributed by atoms with E-state index in [4.69, 9.17) is 29.4 Å². The number of carboxylic acids is 1. The summed E-state index contributed by atoms with van der Waals surface area (Å²) in [5.74, 6) is -3.17. The quantitative estimate of drug-likeness (QED) is 0.125. The molecule has 0 amide bonds. The number of aliphatic carboxylic acids is 1. The average molecular weight is 582 g/mol. The molecule has 0 saturated heterocycles. The van der Waals surface area contributed by atoms with E-state index < -0.39 is 42.3 Å². The number of hydrogen-bond donors (Lipinski definition) is 2. The maximum atomic E-state index is 12.5. The van der Waals surface area contributed by atoms with E-state index in [0.29, 0.717) is 12.0 Å². The number of esters is 1. The molecular formula is C30H47NO10. The molecule has 0 fully saturated rings. The fourth-order valence-corrected chi connectivity index (χ4v) is 3.77. The molecule has 1 aromatic carbocycles. The summed E-state index contributed by atoms with van der Waals surface area (Å²) in [6, 6.07) is 2.87. The first kappa shape index (κ1) is 35.7. The lowest BCUT2D eigenvalue weighted by Crippen LogP contribution is -2.42. The number of benzene rings is 1. The van der Waals surface area contributed by atoms with E-state index in [-0.39, 0.29) is 48.9 Å². The highest BCUT2D eigenvalue weighted by molar-refractivity contribution is 5.75. The smallest absolute Gasteiger partial charge is 0.480 e. The van der Waals surface area contributed by atoms with Gasteiger partial charge in [0, 0.05) is 18.3 Å². The van der Waals surface area contributed by atoms with Crippen LogP contribution in [0.15, 0.2) is 18.2 Å². The molecular weight excluding hydrogens is 534 g/mol. The summed E-state index contributed by atoms with van der Waals surface area (Å²) >= 11 is 0. The Morgan fingerprint density at radius 3 is 1.88 bits per heavy atom.